The molecule has 0 spiro atoms. The zero-order valence-electron chi connectivity index (χ0n) is 12.4. The van der Waals surface area contributed by atoms with Gasteiger partial charge in [0.05, 0.1) is 0 Å². The van der Waals surface area contributed by atoms with Crippen molar-refractivity contribution >= 4 is 28.2 Å². The third kappa shape index (κ3) is 3.83. The normalized spacial score (nSPS) is 26.4. The molecule has 19 heavy (non-hydrogen) atoms. The molecule has 108 valence electrons. The second-order valence-corrected chi connectivity index (χ2v) is 8.65. The molecule has 1 saturated carbocycles. The lowest BCUT2D eigenvalue weighted by molar-refractivity contribution is 0.218. The number of aromatic nitrogens is 2. The van der Waals surface area contributed by atoms with Gasteiger partial charge in [-0.25, -0.2) is 0 Å². The van der Waals surface area contributed by atoms with Gasteiger partial charge >= 0.3 is 0 Å². The average Bonchev–Trinajstić information content (AvgIpc) is 2.77. The van der Waals surface area contributed by atoms with Crippen molar-refractivity contribution in [2.24, 2.45) is 5.41 Å². The van der Waals surface area contributed by atoms with E-state index < -0.39 is 0 Å². The molecule has 0 aromatic carbocycles. The monoisotopic (exact) mass is 300 g/mol. The van der Waals surface area contributed by atoms with Crippen LogP contribution < -0.4 is 10.2 Å². The zero-order valence-corrected chi connectivity index (χ0v) is 14.1. The number of nitrogens with one attached hydrogen (secondary N) is 1. The molecule has 1 N–H and O–H groups in total. The van der Waals surface area contributed by atoms with Crippen molar-refractivity contribution in [3.63, 3.8) is 0 Å². The SMILES string of the molecule is CNC1CCC(C)(C)CC1Sc1nnc(N(C)C)s1. The fourth-order valence-electron chi connectivity index (χ4n) is 2.54. The summed E-state index contributed by atoms with van der Waals surface area (Å²) in [4.78, 5) is 2.02. The summed E-state index contributed by atoms with van der Waals surface area (Å²) in [5.41, 5.74) is 0.445. The summed E-state index contributed by atoms with van der Waals surface area (Å²) in [6.07, 6.45) is 3.79. The maximum atomic E-state index is 4.31. The quantitative estimate of drug-likeness (QED) is 0.926. The molecule has 0 aliphatic heterocycles. The third-order valence-corrected chi connectivity index (χ3v) is 6.24. The van der Waals surface area contributed by atoms with Gasteiger partial charge in [0.1, 0.15) is 0 Å². The van der Waals surface area contributed by atoms with E-state index >= 15 is 0 Å². The molecule has 0 amide bonds. The van der Waals surface area contributed by atoms with Crippen LogP contribution in [0.2, 0.25) is 0 Å². The van der Waals surface area contributed by atoms with Crippen molar-refractivity contribution in [3.8, 4) is 0 Å². The van der Waals surface area contributed by atoms with Crippen LogP contribution in [0.4, 0.5) is 5.13 Å². The van der Waals surface area contributed by atoms with Gasteiger partial charge in [0.25, 0.3) is 0 Å². The fourth-order valence-corrected chi connectivity index (χ4v) is 5.14. The van der Waals surface area contributed by atoms with Crippen LogP contribution in [0.25, 0.3) is 0 Å². The van der Waals surface area contributed by atoms with Gasteiger partial charge in [0.15, 0.2) is 4.34 Å². The number of nitrogens with zero attached hydrogens (tertiary/aromatic N) is 3. The van der Waals surface area contributed by atoms with Crippen molar-refractivity contribution in [2.75, 3.05) is 26.0 Å². The van der Waals surface area contributed by atoms with Gasteiger partial charge in [-0.3, -0.25) is 0 Å². The smallest absolute Gasteiger partial charge is 0.208 e. The lowest BCUT2D eigenvalue weighted by atomic mass is 9.75. The Labute approximate surface area is 124 Å². The van der Waals surface area contributed by atoms with Crippen LogP contribution in [0.1, 0.15) is 33.1 Å². The van der Waals surface area contributed by atoms with Gasteiger partial charge in [-0.15, -0.1) is 10.2 Å². The van der Waals surface area contributed by atoms with Crippen LogP contribution in [-0.4, -0.2) is 42.6 Å². The highest BCUT2D eigenvalue weighted by molar-refractivity contribution is 8.01. The summed E-state index contributed by atoms with van der Waals surface area (Å²) >= 11 is 3.58. The predicted octanol–water partition coefficient (Wildman–Crippen LogP) is 2.86. The largest absolute Gasteiger partial charge is 0.353 e. The van der Waals surface area contributed by atoms with Gasteiger partial charge in [0.2, 0.25) is 5.13 Å². The Morgan fingerprint density at radius 1 is 1.37 bits per heavy atom. The summed E-state index contributed by atoms with van der Waals surface area (Å²) in [7, 11) is 6.09. The minimum atomic E-state index is 0.445. The lowest BCUT2D eigenvalue weighted by Gasteiger charge is -2.39. The Morgan fingerprint density at radius 2 is 2.11 bits per heavy atom. The van der Waals surface area contributed by atoms with Crippen molar-refractivity contribution in [1.82, 2.24) is 15.5 Å². The van der Waals surface area contributed by atoms with Crippen molar-refractivity contribution < 1.29 is 0 Å². The standard InChI is InChI=1S/C13H24N4S2/c1-13(2)7-6-9(14-3)10(8-13)18-12-16-15-11(19-12)17(4)5/h9-10,14H,6-8H2,1-5H3. The summed E-state index contributed by atoms with van der Waals surface area (Å²) in [6, 6.07) is 0.588. The van der Waals surface area contributed by atoms with Crippen molar-refractivity contribution in [2.45, 2.75) is 48.7 Å². The molecule has 0 radical (unpaired) electrons. The Balaban J connectivity index is 2.05. The zero-order chi connectivity index (χ0) is 14.0. The van der Waals surface area contributed by atoms with E-state index in [0.29, 0.717) is 16.7 Å². The van der Waals surface area contributed by atoms with Gasteiger partial charge < -0.3 is 10.2 Å². The maximum Gasteiger partial charge on any atom is 0.208 e. The van der Waals surface area contributed by atoms with E-state index in [-0.39, 0.29) is 0 Å². The van der Waals surface area contributed by atoms with Crippen LogP contribution in [0.15, 0.2) is 4.34 Å². The van der Waals surface area contributed by atoms with Crippen LogP contribution in [0, 0.1) is 5.41 Å². The highest BCUT2D eigenvalue weighted by atomic mass is 32.2. The second kappa shape index (κ2) is 5.97. The van der Waals surface area contributed by atoms with E-state index in [0.717, 1.165) is 9.47 Å². The van der Waals surface area contributed by atoms with Gasteiger partial charge in [-0.05, 0) is 31.7 Å². The first-order valence-electron chi connectivity index (χ1n) is 6.76. The molecule has 2 rings (SSSR count). The second-order valence-electron chi connectivity index (χ2n) is 6.20. The Morgan fingerprint density at radius 3 is 2.68 bits per heavy atom. The summed E-state index contributed by atoms with van der Waals surface area (Å²) in [5.74, 6) is 0. The first kappa shape index (κ1) is 15.1. The molecule has 2 unspecified atom stereocenters. The highest BCUT2D eigenvalue weighted by Gasteiger charge is 2.35. The van der Waals surface area contributed by atoms with Crippen LogP contribution in [0.5, 0.6) is 0 Å². The lowest BCUT2D eigenvalue weighted by Crippen LogP contribution is -2.43. The van der Waals surface area contributed by atoms with E-state index in [1.54, 1.807) is 11.3 Å². The van der Waals surface area contributed by atoms with E-state index in [9.17, 15) is 0 Å². The van der Waals surface area contributed by atoms with Gasteiger partial charge in [-0.1, -0.05) is 36.9 Å². The number of thioether (sulfide) groups is 1. The topological polar surface area (TPSA) is 41.1 Å². The molecule has 6 heteroatoms. The number of hydrogen-bond acceptors (Lipinski definition) is 6. The molecular formula is C13H24N4S2. The molecule has 1 heterocycles. The number of anilines is 1. The van der Waals surface area contributed by atoms with Crippen LogP contribution in [0.3, 0.4) is 0 Å². The summed E-state index contributed by atoms with van der Waals surface area (Å²) < 4.78 is 1.09. The molecule has 4 nitrogen and oxygen atoms in total. The maximum absolute atomic E-state index is 4.31. The summed E-state index contributed by atoms with van der Waals surface area (Å²) in [5, 5.41) is 13.6. The minimum absolute atomic E-state index is 0.445. The van der Waals surface area contributed by atoms with E-state index in [4.69, 9.17) is 0 Å². The molecule has 1 fully saturated rings. The molecule has 0 bridgehead atoms. The Kier molecular flexibility index (Phi) is 4.74. The fraction of sp³-hybridized carbons (Fsp3) is 0.846. The van der Waals surface area contributed by atoms with Gasteiger partial charge in [-0.2, -0.15) is 0 Å². The van der Waals surface area contributed by atoms with Crippen molar-refractivity contribution in [3.05, 3.63) is 0 Å². The van der Waals surface area contributed by atoms with E-state index in [2.05, 4.69) is 36.4 Å². The molecule has 0 saturated heterocycles. The molecule has 1 aromatic heterocycles. The highest BCUT2D eigenvalue weighted by Crippen LogP contribution is 2.43. The minimum Gasteiger partial charge on any atom is -0.353 e. The molecule has 1 aromatic rings. The van der Waals surface area contributed by atoms with Crippen LogP contribution >= 0.6 is 23.1 Å². The number of hydrogen-bond donors (Lipinski definition) is 1. The predicted molar refractivity (Wildman–Crippen MR) is 84.4 cm³/mol. The summed E-state index contributed by atoms with van der Waals surface area (Å²) in [6.45, 7) is 4.75. The molecule has 1 aliphatic rings. The van der Waals surface area contributed by atoms with E-state index in [1.807, 2.05) is 30.8 Å². The Bertz CT molecular complexity index is 417. The first-order valence-corrected chi connectivity index (χ1v) is 8.46. The number of rotatable bonds is 4. The van der Waals surface area contributed by atoms with Gasteiger partial charge in [0, 0.05) is 25.4 Å². The van der Waals surface area contributed by atoms with Crippen molar-refractivity contribution in [1.29, 1.82) is 0 Å². The molecular weight excluding hydrogens is 276 g/mol. The first-order chi connectivity index (χ1) is 8.91. The van der Waals surface area contributed by atoms with E-state index in [1.165, 1.54) is 19.3 Å². The average molecular weight is 300 g/mol. The molecule has 1 aliphatic carbocycles. The third-order valence-electron chi connectivity index (χ3n) is 3.74. The molecule has 2 atom stereocenters. The Hall–Kier alpha value is -0.330. The van der Waals surface area contributed by atoms with Crippen LogP contribution in [-0.2, 0) is 0 Å².